The van der Waals surface area contributed by atoms with E-state index in [2.05, 4.69) is 19.2 Å². The molecule has 4 heteroatoms. The van der Waals surface area contributed by atoms with Gasteiger partial charge in [-0.05, 0) is 31.5 Å². The van der Waals surface area contributed by atoms with E-state index in [4.69, 9.17) is 4.98 Å². The molecule has 1 aromatic heterocycles. The fraction of sp³-hybridized carbons (Fsp3) is 0.263. The molecule has 0 aliphatic heterocycles. The number of aromatic nitrogens is 2. The van der Waals surface area contributed by atoms with Crippen LogP contribution in [0.15, 0.2) is 59.4 Å². The van der Waals surface area contributed by atoms with Gasteiger partial charge in [-0.1, -0.05) is 42.5 Å². The molecule has 0 spiro atoms. The lowest BCUT2D eigenvalue weighted by molar-refractivity contribution is -0.691. The predicted octanol–water partition coefficient (Wildman–Crippen LogP) is 2.09. The van der Waals surface area contributed by atoms with Gasteiger partial charge in [-0.25, -0.2) is 4.98 Å². The van der Waals surface area contributed by atoms with Crippen LogP contribution in [0.4, 0.5) is 0 Å². The molecule has 0 saturated heterocycles. The van der Waals surface area contributed by atoms with Crippen molar-refractivity contribution in [1.82, 2.24) is 9.55 Å². The van der Waals surface area contributed by atoms with E-state index in [0.29, 0.717) is 11.9 Å². The van der Waals surface area contributed by atoms with Crippen molar-refractivity contribution in [2.75, 3.05) is 6.54 Å². The van der Waals surface area contributed by atoms with Crippen LogP contribution in [0.3, 0.4) is 0 Å². The van der Waals surface area contributed by atoms with Crippen LogP contribution in [0.2, 0.25) is 0 Å². The molecule has 0 saturated carbocycles. The molecule has 0 aliphatic carbocycles. The van der Waals surface area contributed by atoms with Gasteiger partial charge in [-0.3, -0.25) is 9.36 Å². The van der Waals surface area contributed by atoms with Crippen LogP contribution in [-0.4, -0.2) is 16.1 Å². The SMILES string of the molecule is CC[NH2+][C@@H](C)c1nc2ccccc2c(=O)n1Cc1ccccc1. The number of nitrogens with two attached hydrogens (primary N) is 1. The first-order chi connectivity index (χ1) is 11.2. The molecule has 0 fully saturated rings. The van der Waals surface area contributed by atoms with E-state index < -0.39 is 0 Å². The number of hydrogen-bond acceptors (Lipinski definition) is 2. The third-order valence-electron chi connectivity index (χ3n) is 4.07. The summed E-state index contributed by atoms with van der Waals surface area (Å²) in [6, 6.07) is 17.8. The highest BCUT2D eigenvalue weighted by Gasteiger charge is 2.18. The van der Waals surface area contributed by atoms with Gasteiger partial charge in [0, 0.05) is 0 Å². The highest BCUT2D eigenvalue weighted by Crippen LogP contribution is 2.13. The van der Waals surface area contributed by atoms with Crippen molar-refractivity contribution >= 4 is 10.9 Å². The zero-order valence-corrected chi connectivity index (χ0v) is 13.6. The third kappa shape index (κ3) is 3.17. The Balaban J connectivity index is 2.17. The summed E-state index contributed by atoms with van der Waals surface area (Å²) in [4.78, 5) is 17.8. The molecule has 0 radical (unpaired) electrons. The first kappa shape index (κ1) is 15.4. The predicted molar refractivity (Wildman–Crippen MR) is 92.4 cm³/mol. The molecule has 0 unspecified atom stereocenters. The largest absolute Gasteiger partial charge is 0.338 e. The van der Waals surface area contributed by atoms with E-state index in [1.807, 2.05) is 59.2 Å². The lowest BCUT2D eigenvalue weighted by Gasteiger charge is -2.17. The first-order valence-electron chi connectivity index (χ1n) is 8.07. The highest BCUT2D eigenvalue weighted by atomic mass is 16.1. The molecule has 1 heterocycles. The Morgan fingerprint density at radius 3 is 2.52 bits per heavy atom. The van der Waals surface area contributed by atoms with E-state index in [-0.39, 0.29) is 11.6 Å². The third-order valence-corrected chi connectivity index (χ3v) is 4.07. The van der Waals surface area contributed by atoms with Gasteiger partial charge < -0.3 is 5.32 Å². The van der Waals surface area contributed by atoms with Crippen LogP contribution in [0, 0.1) is 0 Å². The Labute approximate surface area is 135 Å². The Hall–Kier alpha value is -2.46. The molecule has 3 aromatic rings. The Kier molecular flexibility index (Phi) is 4.53. The van der Waals surface area contributed by atoms with Gasteiger partial charge in [0.2, 0.25) is 0 Å². The second-order valence-electron chi connectivity index (χ2n) is 5.80. The number of hydrogen-bond donors (Lipinski definition) is 1. The Morgan fingerprint density at radius 1 is 1.09 bits per heavy atom. The maximum absolute atomic E-state index is 13.0. The minimum absolute atomic E-state index is 0.0332. The summed E-state index contributed by atoms with van der Waals surface area (Å²) >= 11 is 0. The monoisotopic (exact) mass is 308 g/mol. The van der Waals surface area contributed by atoms with Crippen LogP contribution in [-0.2, 0) is 6.54 Å². The molecule has 0 aliphatic rings. The van der Waals surface area contributed by atoms with E-state index >= 15 is 0 Å². The molecule has 23 heavy (non-hydrogen) atoms. The molecular weight excluding hydrogens is 286 g/mol. The van der Waals surface area contributed by atoms with Gasteiger partial charge in [0.1, 0.15) is 6.04 Å². The quantitative estimate of drug-likeness (QED) is 0.784. The van der Waals surface area contributed by atoms with Crippen molar-refractivity contribution < 1.29 is 5.32 Å². The lowest BCUT2D eigenvalue weighted by atomic mass is 10.2. The summed E-state index contributed by atoms with van der Waals surface area (Å²) in [6.45, 7) is 5.71. The number of quaternary nitrogens is 1. The van der Waals surface area contributed by atoms with Gasteiger partial charge >= 0.3 is 0 Å². The average Bonchev–Trinajstić information content (AvgIpc) is 2.58. The molecular formula is C19H22N3O+. The second-order valence-corrected chi connectivity index (χ2v) is 5.80. The van der Waals surface area contributed by atoms with Crippen molar-refractivity contribution in [2.45, 2.75) is 26.4 Å². The van der Waals surface area contributed by atoms with Gasteiger partial charge in [-0.15, -0.1) is 0 Å². The zero-order chi connectivity index (χ0) is 16.2. The first-order valence-corrected chi connectivity index (χ1v) is 8.07. The minimum atomic E-state index is 0.0332. The number of rotatable bonds is 5. The number of benzene rings is 2. The van der Waals surface area contributed by atoms with E-state index in [1.165, 1.54) is 0 Å². The molecule has 2 aromatic carbocycles. The average molecular weight is 308 g/mol. The summed E-state index contributed by atoms with van der Waals surface area (Å²) in [5.74, 6) is 0.833. The number of nitrogens with zero attached hydrogens (tertiary/aromatic N) is 2. The number of fused-ring (bicyclic) bond motifs is 1. The number of para-hydroxylation sites is 1. The minimum Gasteiger partial charge on any atom is -0.338 e. The van der Waals surface area contributed by atoms with E-state index in [1.54, 1.807) is 0 Å². The lowest BCUT2D eigenvalue weighted by Crippen LogP contribution is -2.84. The molecule has 4 nitrogen and oxygen atoms in total. The molecule has 1 atom stereocenters. The zero-order valence-electron chi connectivity index (χ0n) is 13.6. The summed E-state index contributed by atoms with van der Waals surface area (Å²) < 4.78 is 1.81. The van der Waals surface area contributed by atoms with Crippen molar-refractivity contribution in [1.29, 1.82) is 0 Å². The second kappa shape index (κ2) is 6.75. The molecule has 0 amide bonds. The van der Waals surface area contributed by atoms with Crippen LogP contribution in [0.1, 0.15) is 31.3 Å². The highest BCUT2D eigenvalue weighted by molar-refractivity contribution is 5.77. The van der Waals surface area contributed by atoms with Crippen LogP contribution >= 0.6 is 0 Å². The summed E-state index contributed by atoms with van der Waals surface area (Å²) in [5.41, 5.74) is 1.91. The Morgan fingerprint density at radius 2 is 1.78 bits per heavy atom. The fourth-order valence-corrected chi connectivity index (χ4v) is 2.91. The van der Waals surface area contributed by atoms with Crippen LogP contribution in [0.25, 0.3) is 10.9 Å². The van der Waals surface area contributed by atoms with Crippen LogP contribution in [0.5, 0.6) is 0 Å². The van der Waals surface area contributed by atoms with Gasteiger partial charge in [-0.2, -0.15) is 0 Å². The molecule has 0 bridgehead atoms. The molecule has 118 valence electrons. The van der Waals surface area contributed by atoms with Gasteiger partial charge in [0.05, 0.1) is 24.0 Å². The van der Waals surface area contributed by atoms with E-state index in [9.17, 15) is 4.79 Å². The smallest absolute Gasteiger partial charge is 0.261 e. The van der Waals surface area contributed by atoms with Gasteiger partial charge in [0.15, 0.2) is 5.82 Å². The standard InChI is InChI=1S/C19H21N3O/c1-3-20-14(2)18-21-17-12-8-7-11-16(17)19(23)22(18)13-15-9-5-4-6-10-15/h4-12,14,20H,3,13H2,1-2H3/p+1/t14-/m0/s1. The van der Waals surface area contributed by atoms with Crippen molar-refractivity contribution in [3.63, 3.8) is 0 Å². The summed E-state index contributed by atoms with van der Waals surface area (Å²) in [6.07, 6.45) is 0. The van der Waals surface area contributed by atoms with Crippen molar-refractivity contribution in [2.24, 2.45) is 0 Å². The topological polar surface area (TPSA) is 51.5 Å². The summed E-state index contributed by atoms with van der Waals surface area (Å²) in [5, 5.41) is 2.87. The van der Waals surface area contributed by atoms with E-state index in [0.717, 1.165) is 23.4 Å². The van der Waals surface area contributed by atoms with Crippen molar-refractivity contribution in [3.8, 4) is 0 Å². The van der Waals surface area contributed by atoms with Gasteiger partial charge in [0.25, 0.3) is 5.56 Å². The normalized spacial score (nSPS) is 12.4. The summed E-state index contributed by atoms with van der Waals surface area (Å²) in [7, 11) is 0. The molecule has 2 N–H and O–H groups in total. The molecule has 3 rings (SSSR count). The maximum atomic E-state index is 13.0. The van der Waals surface area contributed by atoms with Crippen LogP contribution < -0.4 is 10.9 Å². The maximum Gasteiger partial charge on any atom is 0.261 e. The Bertz CT molecular complexity index is 855. The van der Waals surface area contributed by atoms with Crippen molar-refractivity contribution in [3.05, 3.63) is 76.3 Å². The fourth-order valence-electron chi connectivity index (χ4n) is 2.91.